The van der Waals surface area contributed by atoms with Crippen molar-refractivity contribution in [2.75, 3.05) is 13.1 Å². The van der Waals surface area contributed by atoms with Crippen molar-refractivity contribution in [1.29, 1.82) is 0 Å². The first kappa shape index (κ1) is 15.5. The quantitative estimate of drug-likeness (QED) is 0.900. The fourth-order valence-electron chi connectivity index (χ4n) is 3.80. The lowest BCUT2D eigenvalue weighted by Gasteiger charge is -2.34. The molecular formula is C18H27N3O. The monoisotopic (exact) mass is 301 g/mol. The molecule has 0 radical (unpaired) electrons. The molecule has 2 aliphatic heterocycles. The fourth-order valence-corrected chi connectivity index (χ4v) is 3.80. The van der Waals surface area contributed by atoms with Crippen LogP contribution in [0.2, 0.25) is 0 Å². The van der Waals surface area contributed by atoms with Crippen LogP contribution < -0.4 is 10.9 Å². The minimum Gasteiger partial charge on any atom is -0.342 e. The van der Waals surface area contributed by atoms with Gasteiger partial charge in [-0.25, -0.2) is 0 Å². The Morgan fingerprint density at radius 1 is 1.18 bits per heavy atom. The predicted octanol–water partition coefficient (Wildman–Crippen LogP) is 2.28. The normalized spacial score (nSPS) is 32.2. The molecule has 2 N–H and O–H groups in total. The van der Waals surface area contributed by atoms with Crippen LogP contribution in [0.1, 0.15) is 44.6 Å². The van der Waals surface area contributed by atoms with Crippen LogP contribution in [0, 0.1) is 5.92 Å². The lowest BCUT2D eigenvalue weighted by Crippen LogP contribution is -2.41. The molecule has 0 spiro atoms. The Labute approximate surface area is 133 Å². The lowest BCUT2D eigenvalue weighted by atomic mass is 9.89. The smallest absolute Gasteiger partial charge is 0.222 e. The molecule has 0 bridgehead atoms. The molecule has 2 saturated heterocycles. The van der Waals surface area contributed by atoms with Gasteiger partial charge in [-0.05, 0) is 32.3 Å². The molecule has 0 aromatic heterocycles. The van der Waals surface area contributed by atoms with E-state index in [0.717, 1.165) is 19.5 Å². The number of benzene rings is 1. The van der Waals surface area contributed by atoms with Crippen molar-refractivity contribution in [3.8, 4) is 0 Å². The molecule has 0 saturated carbocycles. The van der Waals surface area contributed by atoms with Gasteiger partial charge in [-0.2, -0.15) is 0 Å². The molecular weight excluding hydrogens is 274 g/mol. The number of likely N-dealkylation sites (tertiary alicyclic amines) is 1. The molecule has 120 valence electrons. The van der Waals surface area contributed by atoms with Crippen LogP contribution in [0.25, 0.3) is 0 Å². The lowest BCUT2D eigenvalue weighted by molar-refractivity contribution is -0.133. The number of rotatable bonds is 3. The summed E-state index contributed by atoms with van der Waals surface area (Å²) in [5.41, 5.74) is 7.85. The Kier molecular flexibility index (Phi) is 4.79. The second-order valence-corrected chi connectivity index (χ2v) is 6.82. The van der Waals surface area contributed by atoms with E-state index in [1.54, 1.807) is 0 Å². The maximum atomic E-state index is 12.7. The summed E-state index contributed by atoms with van der Waals surface area (Å²) in [4.78, 5) is 14.8. The SMILES string of the molecule is CC1NNC(C)C1CC(=O)N1CCCC(c2ccccc2)C1. The van der Waals surface area contributed by atoms with Gasteiger partial charge in [0.1, 0.15) is 0 Å². The van der Waals surface area contributed by atoms with Crippen LogP contribution in [0.3, 0.4) is 0 Å². The van der Waals surface area contributed by atoms with E-state index in [4.69, 9.17) is 0 Å². The molecule has 2 fully saturated rings. The summed E-state index contributed by atoms with van der Waals surface area (Å²) in [6.07, 6.45) is 2.94. The number of hydrogen-bond donors (Lipinski definition) is 2. The van der Waals surface area contributed by atoms with E-state index in [1.807, 2.05) is 0 Å². The molecule has 2 heterocycles. The largest absolute Gasteiger partial charge is 0.342 e. The highest BCUT2D eigenvalue weighted by Gasteiger charge is 2.34. The van der Waals surface area contributed by atoms with Crippen molar-refractivity contribution in [2.45, 2.75) is 51.1 Å². The number of hydrazine groups is 1. The topological polar surface area (TPSA) is 44.4 Å². The van der Waals surface area contributed by atoms with Crippen molar-refractivity contribution >= 4 is 5.91 Å². The summed E-state index contributed by atoms with van der Waals surface area (Å²) >= 11 is 0. The summed E-state index contributed by atoms with van der Waals surface area (Å²) in [7, 11) is 0. The van der Waals surface area contributed by atoms with Crippen molar-refractivity contribution in [2.24, 2.45) is 5.92 Å². The number of nitrogens with zero attached hydrogens (tertiary/aromatic N) is 1. The summed E-state index contributed by atoms with van der Waals surface area (Å²) in [6.45, 7) is 6.09. The highest BCUT2D eigenvalue weighted by molar-refractivity contribution is 5.77. The highest BCUT2D eigenvalue weighted by Crippen LogP contribution is 2.28. The van der Waals surface area contributed by atoms with Crippen LogP contribution in [-0.4, -0.2) is 36.0 Å². The summed E-state index contributed by atoms with van der Waals surface area (Å²) < 4.78 is 0. The van der Waals surface area contributed by atoms with Gasteiger partial charge in [0, 0.05) is 43.4 Å². The molecule has 3 atom stereocenters. The average Bonchev–Trinajstić information content (AvgIpc) is 2.88. The highest BCUT2D eigenvalue weighted by atomic mass is 16.2. The second kappa shape index (κ2) is 6.80. The van der Waals surface area contributed by atoms with Gasteiger partial charge in [0.15, 0.2) is 0 Å². The fraction of sp³-hybridized carbons (Fsp3) is 0.611. The zero-order valence-electron chi connectivity index (χ0n) is 13.6. The Balaban J connectivity index is 1.61. The molecule has 1 aromatic carbocycles. The molecule has 4 nitrogen and oxygen atoms in total. The maximum absolute atomic E-state index is 12.7. The van der Waals surface area contributed by atoms with Crippen LogP contribution in [-0.2, 0) is 4.79 Å². The summed E-state index contributed by atoms with van der Waals surface area (Å²) in [5.74, 6) is 1.19. The predicted molar refractivity (Wildman–Crippen MR) is 88.3 cm³/mol. The van der Waals surface area contributed by atoms with Gasteiger partial charge in [-0.3, -0.25) is 15.6 Å². The number of amides is 1. The van der Waals surface area contributed by atoms with Crippen molar-refractivity contribution in [3.63, 3.8) is 0 Å². The van der Waals surface area contributed by atoms with Gasteiger partial charge in [0.05, 0.1) is 0 Å². The van der Waals surface area contributed by atoms with Crippen molar-refractivity contribution in [3.05, 3.63) is 35.9 Å². The molecule has 3 unspecified atom stereocenters. The van der Waals surface area contributed by atoms with Gasteiger partial charge in [0.2, 0.25) is 5.91 Å². The zero-order chi connectivity index (χ0) is 15.5. The van der Waals surface area contributed by atoms with E-state index in [2.05, 4.69) is 59.9 Å². The molecule has 1 aromatic rings. The first-order valence-electron chi connectivity index (χ1n) is 8.49. The average molecular weight is 301 g/mol. The van der Waals surface area contributed by atoms with Gasteiger partial charge < -0.3 is 4.90 Å². The third kappa shape index (κ3) is 3.33. The minimum atomic E-state index is 0.315. The minimum absolute atomic E-state index is 0.315. The third-order valence-electron chi connectivity index (χ3n) is 5.28. The van der Waals surface area contributed by atoms with Crippen molar-refractivity contribution < 1.29 is 4.79 Å². The molecule has 2 aliphatic rings. The van der Waals surface area contributed by atoms with Gasteiger partial charge in [0.25, 0.3) is 0 Å². The van der Waals surface area contributed by atoms with Crippen molar-refractivity contribution in [1.82, 2.24) is 15.8 Å². The molecule has 22 heavy (non-hydrogen) atoms. The standard InChI is InChI=1S/C18H27N3O/c1-13-17(14(2)20-19-13)11-18(22)21-10-6-9-16(12-21)15-7-4-3-5-8-15/h3-5,7-8,13-14,16-17,19-20H,6,9-12H2,1-2H3. The number of piperidine rings is 1. The maximum Gasteiger partial charge on any atom is 0.222 e. The van der Waals surface area contributed by atoms with E-state index >= 15 is 0 Å². The molecule has 1 amide bonds. The third-order valence-corrected chi connectivity index (χ3v) is 5.28. The van der Waals surface area contributed by atoms with E-state index in [9.17, 15) is 4.79 Å². The van der Waals surface area contributed by atoms with E-state index in [1.165, 1.54) is 12.0 Å². The number of carbonyl (C=O) groups is 1. The first-order chi connectivity index (χ1) is 10.6. The Bertz CT molecular complexity index is 494. The van der Waals surface area contributed by atoms with Gasteiger partial charge >= 0.3 is 0 Å². The number of hydrogen-bond acceptors (Lipinski definition) is 3. The van der Waals surface area contributed by atoms with E-state index < -0.39 is 0 Å². The first-order valence-corrected chi connectivity index (χ1v) is 8.49. The Hall–Kier alpha value is -1.39. The Morgan fingerprint density at radius 2 is 1.86 bits per heavy atom. The van der Waals surface area contributed by atoms with Crippen LogP contribution in [0.4, 0.5) is 0 Å². The second-order valence-electron chi connectivity index (χ2n) is 6.82. The summed E-state index contributed by atoms with van der Waals surface area (Å²) in [5, 5.41) is 0. The van der Waals surface area contributed by atoms with Gasteiger partial charge in [-0.15, -0.1) is 0 Å². The zero-order valence-corrected chi connectivity index (χ0v) is 13.6. The van der Waals surface area contributed by atoms with E-state index in [-0.39, 0.29) is 0 Å². The van der Waals surface area contributed by atoms with E-state index in [0.29, 0.717) is 36.2 Å². The van der Waals surface area contributed by atoms with Gasteiger partial charge in [-0.1, -0.05) is 30.3 Å². The molecule has 0 aliphatic carbocycles. The summed E-state index contributed by atoms with van der Waals surface area (Å²) in [6, 6.07) is 11.3. The molecule has 3 rings (SSSR count). The van der Waals surface area contributed by atoms with Crippen LogP contribution >= 0.6 is 0 Å². The number of carbonyl (C=O) groups excluding carboxylic acids is 1. The number of nitrogens with one attached hydrogen (secondary N) is 2. The van der Waals surface area contributed by atoms with Crippen LogP contribution in [0.15, 0.2) is 30.3 Å². The Morgan fingerprint density at radius 3 is 2.55 bits per heavy atom. The van der Waals surface area contributed by atoms with Crippen LogP contribution in [0.5, 0.6) is 0 Å². The molecule has 4 heteroatoms.